The van der Waals surface area contributed by atoms with Crippen LogP contribution in [0.3, 0.4) is 0 Å². The SMILES string of the molecule is NC(=O)CCCNc1nccnc1N. The van der Waals surface area contributed by atoms with Gasteiger partial charge in [0, 0.05) is 25.4 Å². The third-order valence-corrected chi connectivity index (χ3v) is 1.62. The van der Waals surface area contributed by atoms with E-state index in [1.807, 2.05) is 0 Å². The first-order chi connectivity index (χ1) is 6.70. The van der Waals surface area contributed by atoms with Gasteiger partial charge in [-0.3, -0.25) is 4.79 Å². The molecule has 1 aromatic heterocycles. The molecule has 0 bridgehead atoms. The van der Waals surface area contributed by atoms with E-state index in [1.165, 1.54) is 6.20 Å². The highest BCUT2D eigenvalue weighted by atomic mass is 16.1. The Balaban J connectivity index is 2.31. The molecule has 0 aromatic carbocycles. The summed E-state index contributed by atoms with van der Waals surface area (Å²) in [7, 11) is 0. The van der Waals surface area contributed by atoms with Gasteiger partial charge < -0.3 is 16.8 Å². The van der Waals surface area contributed by atoms with Crippen LogP contribution in [0.4, 0.5) is 11.6 Å². The molecule has 0 saturated heterocycles. The molecule has 0 aliphatic heterocycles. The summed E-state index contributed by atoms with van der Waals surface area (Å²) in [5, 5.41) is 2.96. The van der Waals surface area contributed by atoms with E-state index in [2.05, 4.69) is 15.3 Å². The third-order valence-electron chi connectivity index (χ3n) is 1.62. The second-order valence-electron chi connectivity index (χ2n) is 2.79. The molecule has 0 fully saturated rings. The molecule has 0 unspecified atom stereocenters. The van der Waals surface area contributed by atoms with E-state index in [1.54, 1.807) is 6.20 Å². The second kappa shape index (κ2) is 5.00. The average Bonchev–Trinajstić information content (AvgIpc) is 2.15. The molecule has 1 amide bonds. The molecule has 1 rings (SSSR count). The number of anilines is 2. The van der Waals surface area contributed by atoms with E-state index in [0.29, 0.717) is 31.0 Å². The third kappa shape index (κ3) is 3.26. The van der Waals surface area contributed by atoms with Gasteiger partial charge in [0.25, 0.3) is 0 Å². The number of amides is 1. The van der Waals surface area contributed by atoms with Crippen LogP contribution >= 0.6 is 0 Å². The summed E-state index contributed by atoms with van der Waals surface area (Å²) in [6, 6.07) is 0. The molecule has 1 aromatic rings. The van der Waals surface area contributed by atoms with Gasteiger partial charge in [-0.1, -0.05) is 0 Å². The number of aromatic nitrogens is 2. The summed E-state index contributed by atoms with van der Waals surface area (Å²) >= 11 is 0. The van der Waals surface area contributed by atoms with Crippen LogP contribution in [0.1, 0.15) is 12.8 Å². The molecular formula is C8H13N5O. The predicted octanol–water partition coefficient (Wildman–Crippen LogP) is -0.264. The molecule has 0 atom stereocenters. The first-order valence-corrected chi connectivity index (χ1v) is 4.29. The molecule has 0 spiro atoms. The summed E-state index contributed by atoms with van der Waals surface area (Å²) in [6.45, 7) is 0.603. The van der Waals surface area contributed by atoms with Crippen molar-refractivity contribution in [1.82, 2.24) is 9.97 Å². The van der Waals surface area contributed by atoms with Gasteiger partial charge in [0.15, 0.2) is 11.6 Å². The van der Waals surface area contributed by atoms with Crippen LogP contribution in [0, 0.1) is 0 Å². The molecule has 5 N–H and O–H groups in total. The van der Waals surface area contributed by atoms with Crippen LogP contribution in [0.25, 0.3) is 0 Å². The number of carbonyl (C=O) groups excluding carboxylic acids is 1. The van der Waals surface area contributed by atoms with E-state index in [-0.39, 0.29) is 5.91 Å². The summed E-state index contributed by atoms with van der Waals surface area (Å²) in [5.41, 5.74) is 10.5. The zero-order valence-corrected chi connectivity index (χ0v) is 7.73. The number of carbonyl (C=O) groups is 1. The number of hydrogen-bond acceptors (Lipinski definition) is 5. The fourth-order valence-corrected chi connectivity index (χ4v) is 0.954. The maximum absolute atomic E-state index is 10.4. The van der Waals surface area contributed by atoms with Crippen LogP contribution in [0.2, 0.25) is 0 Å². The molecule has 6 nitrogen and oxygen atoms in total. The van der Waals surface area contributed by atoms with E-state index in [9.17, 15) is 4.79 Å². The highest BCUT2D eigenvalue weighted by Crippen LogP contribution is 2.08. The van der Waals surface area contributed by atoms with E-state index in [0.717, 1.165) is 0 Å². The van der Waals surface area contributed by atoms with Crippen LogP contribution < -0.4 is 16.8 Å². The van der Waals surface area contributed by atoms with Crippen LogP contribution in [-0.2, 0) is 4.79 Å². The molecular weight excluding hydrogens is 182 g/mol. The molecule has 6 heteroatoms. The lowest BCUT2D eigenvalue weighted by Crippen LogP contribution is -2.13. The van der Waals surface area contributed by atoms with Crippen LogP contribution in [0.15, 0.2) is 12.4 Å². The van der Waals surface area contributed by atoms with Gasteiger partial charge in [-0.2, -0.15) is 0 Å². The molecule has 0 aliphatic carbocycles. The highest BCUT2D eigenvalue weighted by molar-refractivity contribution is 5.73. The smallest absolute Gasteiger partial charge is 0.217 e. The van der Waals surface area contributed by atoms with Crippen molar-refractivity contribution >= 4 is 17.5 Å². The van der Waals surface area contributed by atoms with Gasteiger partial charge in [-0.15, -0.1) is 0 Å². The number of rotatable bonds is 5. The lowest BCUT2D eigenvalue weighted by molar-refractivity contribution is -0.118. The van der Waals surface area contributed by atoms with Crippen LogP contribution in [0.5, 0.6) is 0 Å². The topological polar surface area (TPSA) is 107 Å². The lowest BCUT2D eigenvalue weighted by atomic mass is 10.3. The Morgan fingerprint density at radius 2 is 2.14 bits per heavy atom. The molecule has 1 heterocycles. The Hall–Kier alpha value is -1.85. The van der Waals surface area contributed by atoms with Crippen molar-refractivity contribution in [2.24, 2.45) is 5.73 Å². The van der Waals surface area contributed by atoms with Crippen molar-refractivity contribution in [3.05, 3.63) is 12.4 Å². The number of hydrogen-bond donors (Lipinski definition) is 3. The summed E-state index contributed by atoms with van der Waals surface area (Å²) in [5.74, 6) is 0.586. The van der Waals surface area contributed by atoms with E-state index in [4.69, 9.17) is 11.5 Å². The Labute approximate surface area is 81.7 Å². The highest BCUT2D eigenvalue weighted by Gasteiger charge is 1.99. The fourth-order valence-electron chi connectivity index (χ4n) is 0.954. The number of nitrogens with one attached hydrogen (secondary N) is 1. The first-order valence-electron chi connectivity index (χ1n) is 4.29. The first kappa shape index (κ1) is 10.2. The van der Waals surface area contributed by atoms with Crippen molar-refractivity contribution in [2.75, 3.05) is 17.6 Å². The number of nitrogens with two attached hydrogens (primary N) is 2. The molecule has 0 radical (unpaired) electrons. The standard InChI is InChI=1S/C8H13N5O/c9-6(14)2-1-3-12-8-7(10)11-4-5-13-8/h4-5H,1-3H2,(H2,9,14)(H2,10,11)(H,12,13). The Morgan fingerprint density at radius 1 is 1.43 bits per heavy atom. The minimum Gasteiger partial charge on any atom is -0.381 e. The van der Waals surface area contributed by atoms with Gasteiger partial charge >= 0.3 is 0 Å². The summed E-state index contributed by atoms with van der Waals surface area (Å²) < 4.78 is 0. The zero-order chi connectivity index (χ0) is 10.4. The molecule has 76 valence electrons. The van der Waals surface area contributed by atoms with Gasteiger partial charge in [-0.25, -0.2) is 9.97 Å². The van der Waals surface area contributed by atoms with Crippen molar-refractivity contribution in [1.29, 1.82) is 0 Å². The fraction of sp³-hybridized carbons (Fsp3) is 0.375. The minimum atomic E-state index is -0.307. The summed E-state index contributed by atoms with van der Waals surface area (Å²) in [4.78, 5) is 18.3. The van der Waals surface area contributed by atoms with Gasteiger partial charge in [0.1, 0.15) is 0 Å². The van der Waals surface area contributed by atoms with Gasteiger partial charge in [0.2, 0.25) is 5.91 Å². The predicted molar refractivity (Wildman–Crippen MR) is 53.4 cm³/mol. The van der Waals surface area contributed by atoms with Gasteiger partial charge in [-0.05, 0) is 6.42 Å². The van der Waals surface area contributed by atoms with Crippen LogP contribution in [-0.4, -0.2) is 22.4 Å². The monoisotopic (exact) mass is 195 g/mol. The van der Waals surface area contributed by atoms with E-state index < -0.39 is 0 Å². The Kier molecular flexibility index (Phi) is 3.66. The number of nitrogens with zero attached hydrogens (tertiary/aromatic N) is 2. The normalized spacial score (nSPS) is 9.71. The molecule has 0 aliphatic rings. The molecule has 0 saturated carbocycles. The van der Waals surface area contributed by atoms with E-state index >= 15 is 0 Å². The Morgan fingerprint density at radius 3 is 2.79 bits per heavy atom. The average molecular weight is 195 g/mol. The lowest BCUT2D eigenvalue weighted by Gasteiger charge is -2.05. The maximum Gasteiger partial charge on any atom is 0.217 e. The van der Waals surface area contributed by atoms with Crippen molar-refractivity contribution < 1.29 is 4.79 Å². The van der Waals surface area contributed by atoms with Gasteiger partial charge in [0.05, 0.1) is 0 Å². The van der Waals surface area contributed by atoms with Crippen molar-refractivity contribution in [3.8, 4) is 0 Å². The van der Waals surface area contributed by atoms with Crippen molar-refractivity contribution in [3.63, 3.8) is 0 Å². The minimum absolute atomic E-state index is 0.307. The zero-order valence-electron chi connectivity index (χ0n) is 7.73. The number of nitrogen functional groups attached to an aromatic ring is 1. The Bertz CT molecular complexity index is 314. The van der Waals surface area contributed by atoms with Crippen molar-refractivity contribution in [2.45, 2.75) is 12.8 Å². The quantitative estimate of drug-likeness (QED) is 0.561. The second-order valence-corrected chi connectivity index (χ2v) is 2.79. The largest absolute Gasteiger partial charge is 0.381 e. The maximum atomic E-state index is 10.4. The number of primary amides is 1. The molecule has 14 heavy (non-hydrogen) atoms. The summed E-state index contributed by atoms with van der Waals surface area (Å²) in [6.07, 6.45) is 4.08.